The third-order valence-electron chi connectivity index (χ3n) is 2.84. The van der Waals surface area contributed by atoms with Gasteiger partial charge in [0.15, 0.2) is 5.96 Å². The average molecular weight is 387 g/mol. The monoisotopic (exact) mass is 387 g/mol. The quantitative estimate of drug-likeness (QED) is 0.248. The molecule has 1 rings (SSSR count). The Bertz CT molecular complexity index is 388. The van der Waals surface area contributed by atoms with Gasteiger partial charge >= 0.3 is 0 Å². The standard InChI is InChI=1S/C16H25N3.HI/c1-3-4-8-13-18-16(17-2)19-14-9-12-15-10-6-5-7-11-15;/h3-7,10-11H,8-9,12-14H2,1-2H3,(H2,17,18,19);1H/b4-3+;. The van der Waals surface area contributed by atoms with Gasteiger partial charge in [-0.15, -0.1) is 24.0 Å². The summed E-state index contributed by atoms with van der Waals surface area (Å²) in [4.78, 5) is 4.20. The van der Waals surface area contributed by atoms with Crippen LogP contribution in [0.5, 0.6) is 0 Å². The molecule has 0 spiro atoms. The first kappa shape index (κ1) is 19.0. The second-order valence-corrected chi connectivity index (χ2v) is 4.37. The van der Waals surface area contributed by atoms with Gasteiger partial charge in [-0.2, -0.15) is 0 Å². The normalized spacial score (nSPS) is 11.2. The second-order valence-electron chi connectivity index (χ2n) is 4.37. The van der Waals surface area contributed by atoms with E-state index in [1.165, 1.54) is 5.56 Å². The maximum Gasteiger partial charge on any atom is 0.190 e. The van der Waals surface area contributed by atoms with Crippen LogP contribution in [-0.4, -0.2) is 26.1 Å². The van der Waals surface area contributed by atoms with Crippen molar-refractivity contribution in [2.45, 2.75) is 26.2 Å². The molecular formula is C16H26IN3. The molecule has 0 saturated carbocycles. The lowest BCUT2D eigenvalue weighted by atomic mass is 10.1. The predicted molar refractivity (Wildman–Crippen MR) is 99.0 cm³/mol. The van der Waals surface area contributed by atoms with Crippen LogP contribution in [0.15, 0.2) is 47.5 Å². The van der Waals surface area contributed by atoms with Gasteiger partial charge < -0.3 is 10.6 Å². The second kappa shape index (κ2) is 13.0. The topological polar surface area (TPSA) is 36.4 Å². The van der Waals surface area contributed by atoms with E-state index in [0.29, 0.717) is 0 Å². The number of aryl methyl sites for hydroxylation is 1. The molecule has 0 aliphatic rings. The Hall–Kier alpha value is -1.04. The molecular weight excluding hydrogens is 361 g/mol. The summed E-state index contributed by atoms with van der Waals surface area (Å²) in [5.41, 5.74) is 1.39. The van der Waals surface area contributed by atoms with E-state index in [0.717, 1.165) is 38.3 Å². The molecule has 0 radical (unpaired) electrons. The average Bonchev–Trinajstić information content (AvgIpc) is 2.46. The Kier molecular flexibility index (Phi) is 12.3. The summed E-state index contributed by atoms with van der Waals surface area (Å²) in [7, 11) is 1.81. The third kappa shape index (κ3) is 8.96. The van der Waals surface area contributed by atoms with Gasteiger partial charge in [-0.25, -0.2) is 0 Å². The summed E-state index contributed by atoms with van der Waals surface area (Å²) in [5.74, 6) is 0.887. The van der Waals surface area contributed by atoms with Crippen LogP contribution in [0.3, 0.4) is 0 Å². The van der Waals surface area contributed by atoms with Crippen molar-refractivity contribution < 1.29 is 0 Å². The minimum absolute atomic E-state index is 0. The van der Waals surface area contributed by atoms with Crippen LogP contribution in [0, 0.1) is 0 Å². The predicted octanol–water partition coefficient (Wildman–Crippen LogP) is 3.37. The van der Waals surface area contributed by atoms with Gasteiger partial charge in [0.25, 0.3) is 0 Å². The van der Waals surface area contributed by atoms with E-state index in [1.54, 1.807) is 0 Å². The lowest BCUT2D eigenvalue weighted by Crippen LogP contribution is -2.38. The third-order valence-corrected chi connectivity index (χ3v) is 2.84. The van der Waals surface area contributed by atoms with E-state index >= 15 is 0 Å². The van der Waals surface area contributed by atoms with E-state index in [9.17, 15) is 0 Å². The summed E-state index contributed by atoms with van der Waals surface area (Å²) in [6.45, 7) is 3.90. The van der Waals surface area contributed by atoms with Crippen molar-refractivity contribution in [3.63, 3.8) is 0 Å². The molecule has 1 aromatic carbocycles. The fourth-order valence-electron chi connectivity index (χ4n) is 1.81. The molecule has 0 atom stereocenters. The summed E-state index contributed by atoms with van der Waals surface area (Å²) in [5, 5.41) is 6.62. The highest BCUT2D eigenvalue weighted by Crippen LogP contribution is 2.01. The highest BCUT2D eigenvalue weighted by molar-refractivity contribution is 14.0. The number of allylic oxidation sites excluding steroid dienone is 1. The number of halogens is 1. The minimum Gasteiger partial charge on any atom is -0.356 e. The number of aliphatic imine (C=N–C) groups is 1. The number of benzene rings is 1. The maximum atomic E-state index is 4.20. The zero-order chi connectivity index (χ0) is 13.8. The first-order valence-electron chi connectivity index (χ1n) is 6.96. The van der Waals surface area contributed by atoms with E-state index < -0.39 is 0 Å². The molecule has 0 aliphatic heterocycles. The zero-order valence-corrected chi connectivity index (χ0v) is 14.8. The first-order valence-corrected chi connectivity index (χ1v) is 6.96. The maximum absolute atomic E-state index is 4.20. The Morgan fingerprint density at radius 3 is 2.50 bits per heavy atom. The summed E-state index contributed by atoms with van der Waals surface area (Å²) in [6.07, 6.45) is 7.46. The molecule has 4 heteroatoms. The lowest BCUT2D eigenvalue weighted by Gasteiger charge is -2.11. The van der Waals surface area contributed by atoms with Crippen LogP contribution in [0.1, 0.15) is 25.3 Å². The highest BCUT2D eigenvalue weighted by Gasteiger charge is 1.96. The molecule has 0 bridgehead atoms. The fourth-order valence-corrected chi connectivity index (χ4v) is 1.81. The SMILES string of the molecule is C/C=C/CCNC(=NC)NCCCc1ccccc1.I. The van der Waals surface area contributed by atoms with Crippen LogP contribution in [-0.2, 0) is 6.42 Å². The molecule has 0 fully saturated rings. The van der Waals surface area contributed by atoms with Crippen LogP contribution in [0.4, 0.5) is 0 Å². The molecule has 0 unspecified atom stereocenters. The van der Waals surface area contributed by atoms with Crippen LogP contribution >= 0.6 is 24.0 Å². The number of hydrogen-bond acceptors (Lipinski definition) is 1. The zero-order valence-electron chi connectivity index (χ0n) is 12.4. The Morgan fingerprint density at radius 1 is 1.15 bits per heavy atom. The largest absolute Gasteiger partial charge is 0.356 e. The van der Waals surface area contributed by atoms with Gasteiger partial charge in [0, 0.05) is 20.1 Å². The highest BCUT2D eigenvalue weighted by atomic mass is 127. The summed E-state index contributed by atoms with van der Waals surface area (Å²) in [6, 6.07) is 10.6. The molecule has 20 heavy (non-hydrogen) atoms. The molecule has 0 saturated heterocycles. The fraction of sp³-hybridized carbons (Fsp3) is 0.438. The molecule has 2 N–H and O–H groups in total. The van der Waals surface area contributed by atoms with Crippen molar-refractivity contribution in [2.75, 3.05) is 20.1 Å². The van der Waals surface area contributed by atoms with Gasteiger partial charge in [0.2, 0.25) is 0 Å². The van der Waals surface area contributed by atoms with E-state index in [-0.39, 0.29) is 24.0 Å². The Balaban J connectivity index is 0.00000361. The van der Waals surface area contributed by atoms with Crippen LogP contribution in [0.25, 0.3) is 0 Å². The molecule has 0 aromatic heterocycles. The molecule has 0 heterocycles. The first-order chi connectivity index (χ1) is 9.36. The van der Waals surface area contributed by atoms with Crippen molar-refractivity contribution in [2.24, 2.45) is 4.99 Å². The number of hydrogen-bond donors (Lipinski definition) is 2. The molecule has 0 aliphatic carbocycles. The van der Waals surface area contributed by atoms with Crippen LogP contribution in [0.2, 0.25) is 0 Å². The van der Waals surface area contributed by atoms with E-state index in [2.05, 4.69) is 58.1 Å². The Morgan fingerprint density at radius 2 is 1.85 bits per heavy atom. The van der Waals surface area contributed by atoms with Gasteiger partial charge in [0.1, 0.15) is 0 Å². The number of nitrogens with zero attached hydrogens (tertiary/aromatic N) is 1. The molecule has 3 nitrogen and oxygen atoms in total. The summed E-state index contributed by atoms with van der Waals surface area (Å²) >= 11 is 0. The van der Waals surface area contributed by atoms with Crippen molar-refractivity contribution in [3.8, 4) is 0 Å². The molecule has 1 aromatic rings. The number of guanidine groups is 1. The van der Waals surface area contributed by atoms with Crippen LogP contribution < -0.4 is 10.6 Å². The minimum atomic E-state index is 0. The van der Waals surface area contributed by atoms with Gasteiger partial charge in [0.05, 0.1) is 0 Å². The van der Waals surface area contributed by atoms with E-state index in [1.807, 2.05) is 14.0 Å². The van der Waals surface area contributed by atoms with E-state index in [4.69, 9.17) is 0 Å². The molecule has 112 valence electrons. The number of nitrogens with one attached hydrogen (secondary N) is 2. The van der Waals surface area contributed by atoms with Crippen molar-refractivity contribution in [3.05, 3.63) is 48.0 Å². The van der Waals surface area contributed by atoms with Crippen molar-refractivity contribution >= 4 is 29.9 Å². The Labute approximate surface area is 140 Å². The smallest absolute Gasteiger partial charge is 0.190 e. The van der Waals surface area contributed by atoms with Crippen molar-refractivity contribution in [1.29, 1.82) is 0 Å². The van der Waals surface area contributed by atoms with Gasteiger partial charge in [-0.05, 0) is 31.7 Å². The van der Waals surface area contributed by atoms with Crippen molar-refractivity contribution in [1.82, 2.24) is 10.6 Å². The molecule has 0 amide bonds. The van der Waals surface area contributed by atoms with Gasteiger partial charge in [-0.1, -0.05) is 42.5 Å². The number of rotatable bonds is 7. The summed E-state index contributed by atoms with van der Waals surface area (Å²) < 4.78 is 0. The van der Waals surface area contributed by atoms with Gasteiger partial charge in [-0.3, -0.25) is 4.99 Å². The lowest BCUT2D eigenvalue weighted by molar-refractivity contribution is 0.741.